The van der Waals surface area contributed by atoms with E-state index in [-0.39, 0.29) is 41.2 Å². The highest BCUT2D eigenvalue weighted by Crippen LogP contribution is 2.34. The SMILES string of the molecule is COc1ccc(C)cc1N(CC(=O)N(Cc1ccccc1Cl)C(Cc1ccccc1)C(=O)NC(C)C)S(=O)(=O)c1ccc(C)cc1. The number of benzene rings is 4. The Labute approximate surface area is 277 Å². The van der Waals surface area contributed by atoms with Crippen LogP contribution >= 0.6 is 11.6 Å². The Morgan fingerprint density at radius 1 is 0.870 bits per heavy atom. The fourth-order valence-electron chi connectivity index (χ4n) is 5.09. The first-order chi connectivity index (χ1) is 21.9. The van der Waals surface area contributed by atoms with Crippen molar-refractivity contribution in [2.45, 2.75) is 57.6 Å². The van der Waals surface area contributed by atoms with Gasteiger partial charge in [-0.3, -0.25) is 13.9 Å². The molecule has 0 aliphatic rings. The first-order valence-electron chi connectivity index (χ1n) is 15.0. The molecule has 1 atom stereocenters. The maximum absolute atomic E-state index is 14.6. The fraction of sp³-hybridized carbons (Fsp3) is 0.278. The molecule has 2 amide bonds. The van der Waals surface area contributed by atoms with Crippen LogP contribution in [0, 0.1) is 13.8 Å². The number of ether oxygens (including phenoxy) is 1. The summed E-state index contributed by atoms with van der Waals surface area (Å²) in [5, 5.41) is 3.38. The normalized spacial score (nSPS) is 12.0. The summed E-state index contributed by atoms with van der Waals surface area (Å²) in [6.45, 7) is 6.76. The molecule has 4 aromatic rings. The molecule has 0 saturated carbocycles. The lowest BCUT2D eigenvalue weighted by Gasteiger charge is -2.34. The highest BCUT2D eigenvalue weighted by molar-refractivity contribution is 7.92. The van der Waals surface area contributed by atoms with Gasteiger partial charge in [0, 0.05) is 24.0 Å². The highest BCUT2D eigenvalue weighted by atomic mass is 35.5. The lowest BCUT2D eigenvalue weighted by molar-refractivity contribution is -0.140. The predicted octanol–water partition coefficient (Wildman–Crippen LogP) is 6.33. The van der Waals surface area contributed by atoms with Crippen LogP contribution in [0.5, 0.6) is 5.75 Å². The van der Waals surface area contributed by atoms with Crippen molar-refractivity contribution in [3.63, 3.8) is 0 Å². The van der Waals surface area contributed by atoms with Crippen molar-refractivity contribution in [3.05, 3.63) is 124 Å². The summed E-state index contributed by atoms with van der Waals surface area (Å²) >= 11 is 6.56. The van der Waals surface area contributed by atoms with Gasteiger partial charge in [0.25, 0.3) is 10.0 Å². The number of methoxy groups -OCH3 is 1. The maximum Gasteiger partial charge on any atom is 0.264 e. The summed E-state index contributed by atoms with van der Waals surface area (Å²) < 4.78 is 35.3. The van der Waals surface area contributed by atoms with E-state index in [1.54, 1.807) is 54.6 Å². The van der Waals surface area contributed by atoms with Crippen LogP contribution in [0.15, 0.2) is 102 Å². The Morgan fingerprint density at radius 2 is 1.50 bits per heavy atom. The summed E-state index contributed by atoms with van der Waals surface area (Å²) in [4.78, 5) is 29.9. The molecule has 0 aliphatic carbocycles. The standard InChI is InChI=1S/C36H40ClN3O5S/c1-25(2)38-36(42)33(22-28-11-7-6-8-12-28)39(23-29-13-9-10-14-31(29)37)35(41)24-40(32-21-27(4)17-20-34(32)45-5)46(43,44)30-18-15-26(3)16-19-30/h6-21,25,33H,22-24H2,1-5H3,(H,38,42). The topological polar surface area (TPSA) is 96.0 Å². The average Bonchev–Trinajstić information content (AvgIpc) is 3.02. The van der Waals surface area contributed by atoms with Crippen molar-refractivity contribution in [3.8, 4) is 5.75 Å². The van der Waals surface area contributed by atoms with Gasteiger partial charge in [-0.05, 0) is 74.7 Å². The third kappa shape index (κ3) is 8.47. The molecule has 10 heteroatoms. The van der Waals surface area contributed by atoms with Gasteiger partial charge in [0.05, 0.1) is 17.7 Å². The van der Waals surface area contributed by atoms with Crippen LogP contribution in [-0.2, 0) is 32.6 Å². The second-order valence-corrected chi connectivity index (χ2v) is 13.8. The third-order valence-electron chi connectivity index (χ3n) is 7.49. The molecule has 0 aliphatic heterocycles. The van der Waals surface area contributed by atoms with Gasteiger partial charge in [0.2, 0.25) is 11.8 Å². The average molecular weight is 662 g/mol. The molecule has 46 heavy (non-hydrogen) atoms. The van der Waals surface area contributed by atoms with Crippen molar-refractivity contribution >= 4 is 39.1 Å². The van der Waals surface area contributed by atoms with Gasteiger partial charge >= 0.3 is 0 Å². The van der Waals surface area contributed by atoms with E-state index >= 15 is 0 Å². The van der Waals surface area contributed by atoms with Gasteiger partial charge < -0.3 is 15.0 Å². The van der Waals surface area contributed by atoms with E-state index in [2.05, 4.69) is 5.32 Å². The van der Waals surface area contributed by atoms with Gasteiger partial charge in [-0.15, -0.1) is 0 Å². The number of aryl methyl sites for hydroxylation is 2. The lowest BCUT2D eigenvalue weighted by atomic mass is 10.0. The fourth-order valence-corrected chi connectivity index (χ4v) is 6.70. The minimum atomic E-state index is -4.27. The Hall–Kier alpha value is -4.34. The van der Waals surface area contributed by atoms with Crippen molar-refractivity contribution in [2.75, 3.05) is 18.0 Å². The van der Waals surface area contributed by atoms with Crippen molar-refractivity contribution in [1.82, 2.24) is 10.2 Å². The summed E-state index contributed by atoms with van der Waals surface area (Å²) in [7, 11) is -2.83. The van der Waals surface area contributed by atoms with Crippen molar-refractivity contribution < 1.29 is 22.7 Å². The van der Waals surface area contributed by atoms with Crippen molar-refractivity contribution in [2.24, 2.45) is 0 Å². The quantitative estimate of drug-likeness (QED) is 0.181. The molecule has 0 radical (unpaired) electrons. The number of rotatable bonds is 13. The van der Waals surface area contributed by atoms with E-state index < -0.39 is 28.5 Å². The van der Waals surface area contributed by atoms with Crippen LogP contribution in [0.4, 0.5) is 5.69 Å². The summed E-state index contributed by atoms with van der Waals surface area (Å²) in [5.41, 5.74) is 3.33. The number of nitrogens with zero attached hydrogens (tertiary/aromatic N) is 2. The van der Waals surface area contributed by atoms with Gasteiger partial charge in [0.1, 0.15) is 18.3 Å². The molecule has 0 saturated heterocycles. The number of hydrogen-bond donors (Lipinski definition) is 1. The van der Waals surface area contributed by atoms with E-state index in [9.17, 15) is 18.0 Å². The molecule has 0 fully saturated rings. The Kier molecular flexibility index (Phi) is 11.5. The van der Waals surface area contributed by atoms with Crippen LogP contribution in [-0.4, -0.2) is 50.9 Å². The number of nitrogens with one attached hydrogen (secondary N) is 1. The zero-order valence-corrected chi connectivity index (χ0v) is 28.3. The molecule has 4 rings (SSSR count). The van der Waals surface area contributed by atoms with Gasteiger partial charge in [-0.2, -0.15) is 0 Å². The number of halogens is 1. The highest BCUT2D eigenvalue weighted by Gasteiger charge is 2.36. The molecule has 0 aromatic heterocycles. The largest absolute Gasteiger partial charge is 0.495 e. The number of hydrogen-bond acceptors (Lipinski definition) is 5. The van der Waals surface area contributed by atoms with Crippen LogP contribution in [0.1, 0.15) is 36.1 Å². The first-order valence-corrected chi connectivity index (χ1v) is 16.8. The molecule has 242 valence electrons. The number of sulfonamides is 1. The lowest BCUT2D eigenvalue weighted by Crippen LogP contribution is -2.54. The molecule has 8 nitrogen and oxygen atoms in total. The Morgan fingerprint density at radius 3 is 2.13 bits per heavy atom. The first kappa shape index (κ1) is 34.5. The minimum absolute atomic E-state index is 0.0190. The van der Waals surface area contributed by atoms with Crippen molar-refractivity contribution in [1.29, 1.82) is 0 Å². The molecule has 1 unspecified atom stereocenters. The number of amides is 2. The van der Waals surface area contributed by atoms with E-state index in [1.165, 1.54) is 24.1 Å². The smallest absolute Gasteiger partial charge is 0.264 e. The van der Waals surface area contributed by atoms with E-state index in [0.29, 0.717) is 10.6 Å². The molecular formula is C36H40ClN3O5S. The van der Waals surface area contributed by atoms with E-state index in [4.69, 9.17) is 16.3 Å². The number of carbonyl (C=O) groups excluding carboxylic acids is 2. The van der Waals surface area contributed by atoms with E-state index in [1.807, 2.05) is 58.0 Å². The number of carbonyl (C=O) groups is 2. The zero-order chi connectivity index (χ0) is 33.4. The Bertz CT molecular complexity index is 1760. The second-order valence-electron chi connectivity index (χ2n) is 11.5. The van der Waals surface area contributed by atoms with Gasteiger partial charge in [0.15, 0.2) is 0 Å². The monoisotopic (exact) mass is 661 g/mol. The maximum atomic E-state index is 14.6. The summed E-state index contributed by atoms with van der Waals surface area (Å²) in [6.07, 6.45) is 0.202. The molecule has 0 spiro atoms. The molecular weight excluding hydrogens is 622 g/mol. The van der Waals surface area contributed by atoms with E-state index in [0.717, 1.165) is 21.0 Å². The molecule has 0 heterocycles. The van der Waals surface area contributed by atoms with Crippen LogP contribution in [0.2, 0.25) is 5.02 Å². The van der Waals surface area contributed by atoms with Gasteiger partial charge in [-0.25, -0.2) is 8.42 Å². The van der Waals surface area contributed by atoms with Gasteiger partial charge in [-0.1, -0.05) is 83.9 Å². The Balaban J connectivity index is 1.86. The zero-order valence-electron chi connectivity index (χ0n) is 26.7. The summed E-state index contributed by atoms with van der Waals surface area (Å²) in [5.74, 6) is -0.663. The minimum Gasteiger partial charge on any atom is -0.495 e. The summed E-state index contributed by atoms with van der Waals surface area (Å²) in [6, 6.07) is 26.9. The third-order valence-corrected chi connectivity index (χ3v) is 9.63. The van der Waals surface area contributed by atoms with Crippen LogP contribution in [0.25, 0.3) is 0 Å². The molecule has 0 bridgehead atoms. The molecule has 1 N–H and O–H groups in total. The van der Waals surface area contributed by atoms with Crippen LogP contribution < -0.4 is 14.4 Å². The second kappa shape index (κ2) is 15.3. The predicted molar refractivity (Wildman–Crippen MR) is 183 cm³/mol. The van der Waals surface area contributed by atoms with Crippen LogP contribution in [0.3, 0.4) is 0 Å². The number of anilines is 1. The molecule has 4 aromatic carbocycles.